The van der Waals surface area contributed by atoms with Crippen LogP contribution < -0.4 is 5.32 Å². The number of aromatic nitrogens is 2. The first kappa shape index (κ1) is 15.4. The zero-order valence-corrected chi connectivity index (χ0v) is 14.2. The molecule has 1 N–H and O–H groups in total. The molecule has 3 nitrogen and oxygen atoms in total. The van der Waals surface area contributed by atoms with Crippen LogP contribution in [-0.4, -0.2) is 16.3 Å². The molecule has 2 heterocycles. The van der Waals surface area contributed by atoms with Crippen molar-refractivity contribution in [2.24, 2.45) is 0 Å². The number of fused-ring (bicyclic) bond motifs is 1. The van der Waals surface area contributed by atoms with Gasteiger partial charge in [0.15, 0.2) is 0 Å². The monoisotopic (exact) mass is 317 g/mol. The van der Waals surface area contributed by atoms with E-state index in [1.165, 1.54) is 42.8 Å². The molecular weight excluding hydrogens is 294 g/mol. The smallest absolute Gasteiger partial charge is 0.133 e. The zero-order chi connectivity index (χ0) is 15.5. The summed E-state index contributed by atoms with van der Waals surface area (Å²) in [5, 5.41) is 9.28. The number of nitrogens with one attached hydrogen (secondary N) is 1. The van der Waals surface area contributed by atoms with E-state index in [0.29, 0.717) is 0 Å². The van der Waals surface area contributed by atoms with Crippen LogP contribution in [0.25, 0.3) is 5.69 Å². The number of anilines is 1. The summed E-state index contributed by atoms with van der Waals surface area (Å²) < 4.78 is 2.05. The van der Waals surface area contributed by atoms with Gasteiger partial charge < -0.3 is 5.32 Å². The summed E-state index contributed by atoms with van der Waals surface area (Å²) >= 11 is 6.31. The van der Waals surface area contributed by atoms with Crippen LogP contribution in [0.2, 0.25) is 5.02 Å². The maximum atomic E-state index is 6.31. The Bertz CT molecular complexity index is 661. The zero-order valence-electron chi connectivity index (χ0n) is 13.5. The van der Waals surface area contributed by atoms with Crippen molar-refractivity contribution >= 4 is 17.4 Å². The average molecular weight is 318 g/mol. The van der Waals surface area contributed by atoms with Crippen molar-refractivity contribution in [1.29, 1.82) is 0 Å². The molecule has 0 radical (unpaired) electrons. The van der Waals surface area contributed by atoms with E-state index in [1.807, 2.05) is 13.0 Å². The van der Waals surface area contributed by atoms with Gasteiger partial charge >= 0.3 is 0 Å². The third-order valence-corrected chi connectivity index (χ3v) is 4.79. The summed E-state index contributed by atoms with van der Waals surface area (Å²) in [6.45, 7) is 5.28. The highest BCUT2D eigenvalue weighted by molar-refractivity contribution is 6.31. The molecule has 1 aromatic carbocycles. The topological polar surface area (TPSA) is 29.9 Å². The second kappa shape index (κ2) is 6.74. The molecule has 1 aliphatic heterocycles. The minimum absolute atomic E-state index is 0.797. The van der Waals surface area contributed by atoms with Gasteiger partial charge in [0.05, 0.1) is 11.4 Å². The average Bonchev–Trinajstić information content (AvgIpc) is 2.70. The van der Waals surface area contributed by atoms with Gasteiger partial charge in [-0.3, -0.25) is 0 Å². The standard InChI is InChI=1S/C18H24ClN3/c1-3-4-8-17-15-7-5-6-11-20-18(15)22(21-17)14-10-9-13(2)16(19)12-14/h9-10,12,20H,3-8,11H2,1-2H3. The highest BCUT2D eigenvalue weighted by Crippen LogP contribution is 2.30. The molecule has 0 fully saturated rings. The summed E-state index contributed by atoms with van der Waals surface area (Å²) in [7, 11) is 0. The van der Waals surface area contributed by atoms with Gasteiger partial charge in [-0.25, -0.2) is 4.68 Å². The van der Waals surface area contributed by atoms with E-state index in [0.717, 1.165) is 35.7 Å². The van der Waals surface area contributed by atoms with Gasteiger partial charge in [0.1, 0.15) is 5.82 Å². The number of benzene rings is 1. The van der Waals surface area contributed by atoms with E-state index in [1.54, 1.807) is 0 Å². The Morgan fingerprint density at radius 1 is 1.32 bits per heavy atom. The fourth-order valence-corrected chi connectivity index (χ4v) is 3.19. The van der Waals surface area contributed by atoms with Crippen LogP contribution in [0.3, 0.4) is 0 Å². The molecule has 0 saturated heterocycles. The van der Waals surface area contributed by atoms with Crippen LogP contribution in [0.4, 0.5) is 5.82 Å². The largest absolute Gasteiger partial charge is 0.370 e. The molecule has 1 aromatic heterocycles. The first-order valence-electron chi connectivity index (χ1n) is 8.32. The van der Waals surface area contributed by atoms with Crippen LogP contribution in [0.1, 0.15) is 49.4 Å². The molecule has 0 saturated carbocycles. The lowest BCUT2D eigenvalue weighted by molar-refractivity contribution is 0.728. The summed E-state index contributed by atoms with van der Waals surface area (Å²) in [5.41, 5.74) is 4.80. The lowest BCUT2D eigenvalue weighted by atomic mass is 10.1. The van der Waals surface area contributed by atoms with Crippen molar-refractivity contribution in [3.8, 4) is 5.69 Å². The van der Waals surface area contributed by atoms with Gasteiger partial charge in [0.2, 0.25) is 0 Å². The minimum atomic E-state index is 0.797. The van der Waals surface area contributed by atoms with Gasteiger partial charge in [-0.2, -0.15) is 5.10 Å². The van der Waals surface area contributed by atoms with Gasteiger partial charge in [0, 0.05) is 17.1 Å². The molecule has 118 valence electrons. The molecule has 22 heavy (non-hydrogen) atoms. The van der Waals surface area contributed by atoms with Crippen LogP contribution in [0.15, 0.2) is 18.2 Å². The first-order valence-corrected chi connectivity index (χ1v) is 8.69. The van der Waals surface area contributed by atoms with E-state index in [-0.39, 0.29) is 0 Å². The fourth-order valence-electron chi connectivity index (χ4n) is 3.02. The molecule has 0 amide bonds. The molecule has 0 aliphatic carbocycles. The maximum Gasteiger partial charge on any atom is 0.133 e. The van der Waals surface area contributed by atoms with Gasteiger partial charge in [0.25, 0.3) is 0 Å². The molecular formula is C18H24ClN3. The molecule has 0 bridgehead atoms. The van der Waals surface area contributed by atoms with Crippen LogP contribution >= 0.6 is 11.6 Å². The van der Waals surface area contributed by atoms with Gasteiger partial charge in [-0.05, 0) is 56.7 Å². The molecule has 3 rings (SSSR count). The quantitative estimate of drug-likeness (QED) is 0.867. The highest BCUT2D eigenvalue weighted by atomic mass is 35.5. The number of unbranched alkanes of at least 4 members (excludes halogenated alkanes) is 1. The number of halogens is 1. The minimum Gasteiger partial charge on any atom is -0.370 e. The van der Waals surface area contributed by atoms with Crippen molar-refractivity contribution in [3.63, 3.8) is 0 Å². The Morgan fingerprint density at radius 3 is 2.95 bits per heavy atom. The molecule has 0 unspecified atom stereocenters. The lowest BCUT2D eigenvalue weighted by Gasteiger charge is -2.10. The van der Waals surface area contributed by atoms with Crippen molar-refractivity contribution in [3.05, 3.63) is 40.0 Å². The Hall–Kier alpha value is -1.48. The summed E-state index contributed by atoms with van der Waals surface area (Å²) in [4.78, 5) is 0. The van der Waals surface area contributed by atoms with Crippen molar-refractivity contribution < 1.29 is 0 Å². The summed E-state index contributed by atoms with van der Waals surface area (Å²) in [6, 6.07) is 6.18. The molecule has 2 aromatic rings. The van der Waals surface area contributed by atoms with E-state index >= 15 is 0 Å². The first-order chi connectivity index (χ1) is 10.7. The number of nitrogens with zero attached hydrogens (tertiary/aromatic N) is 2. The second-order valence-corrected chi connectivity index (χ2v) is 6.51. The van der Waals surface area contributed by atoms with E-state index in [4.69, 9.17) is 16.7 Å². The number of hydrogen-bond donors (Lipinski definition) is 1. The Kier molecular flexibility index (Phi) is 4.72. The third kappa shape index (κ3) is 3.00. The fraction of sp³-hybridized carbons (Fsp3) is 0.500. The third-order valence-electron chi connectivity index (χ3n) is 4.38. The maximum absolute atomic E-state index is 6.31. The number of aryl methyl sites for hydroxylation is 2. The predicted molar refractivity (Wildman–Crippen MR) is 93.4 cm³/mol. The van der Waals surface area contributed by atoms with Crippen LogP contribution in [-0.2, 0) is 12.8 Å². The molecule has 0 spiro atoms. The van der Waals surface area contributed by atoms with Gasteiger partial charge in [-0.1, -0.05) is 31.0 Å². The molecule has 0 atom stereocenters. The summed E-state index contributed by atoms with van der Waals surface area (Å²) in [5.74, 6) is 1.17. The number of hydrogen-bond acceptors (Lipinski definition) is 2. The van der Waals surface area contributed by atoms with Crippen LogP contribution in [0, 0.1) is 6.92 Å². The molecule has 1 aliphatic rings. The normalized spacial score (nSPS) is 14.3. The molecule has 4 heteroatoms. The van der Waals surface area contributed by atoms with Crippen molar-refractivity contribution in [2.45, 2.75) is 52.4 Å². The van der Waals surface area contributed by atoms with Crippen molar-refractivity contribution in [2.75, 3.05) is 11.9 Å². The van der Waals surface area contributed by atoms with E-state index in [2.05, 4.69) is 29.1 Å². The Labute approximate surface area is 137 Å². The number of rotatable bonds is 4. The van der Waals surface area contributed by atoms with E-state index in [9.17, 15) is 0 Å². The van der Waals surface area contributed by atoms with Gasteiger partial charge in [-0.15, -0.1) is 0 Å². The lowest BCUT2D eigenvalue weighted by Crippen LogP contribution is -2.07. The Balaban J connectivity index is 2.06. The predicted octanol–water partition coefficient (Wildman–Crippen LogP) is 4.92. The van der Waals surface area contributed by atoms with Crippen molar-refractivity contribution in [1.82, 2.24) is 9.78 Å². The van der Waals surface area contributed by atoms with Crippen LogP contribution in [0.5, 0.6) is 0 Å². The highest BCUT2D eigenvalue weighted by Gasteiger charge is 2.20. The summed E-state index contributed by atoms with van der Waals surface area (Å²) in [6.07, 6.45) is 7.04. The SMILES string of the molecule is CCCCc1nn(-c2ccc(C)c(Cl)c2)c2c1CCCCN2. The Morgan fingerprint density at radius 2 is 2.18 bits per heavy atom. The van der Waals surface area contributed by atoms with E-state index < -0.39 is 0 Å². The second-order valence-electron chi connectivity index (χ2n) is 6.11.